The number of nitrogens with one attached hydrogen (secondary N) is 1. The van der Waals surface area contributed by atoms with E-state index in [9.17, 15) is 9.90 Å². The number of aromatic nitrogens is 3. The fourth-order valence-corrected chi connectivity index (χ4v) is 2.53. The number of anilines is 1. The highest BCUT2D eigenvalue weighted by Gasteiger charge is 2.18. The van der Waals surface area contributed by atoms with Gasteiger partial charge in [-0.3, -0.25) is 0 Å². The standard InChI is InChI=1S/C14H16N4O3/c19-14(20)10-7-9-3-1-2-4-11(9)17-13(10)15-6-5-12-16-8-21-18-12/h7-8H,1-6H2,(H,15,17)(H,19,20). The van der Waals surface area contributed by atoms with Gasteiger partial charge in [-0.05, 0) is 37.3 Å². The summed E-state index contributed by atoms with van der Waals surface area (Å²) in [6.45, 7) is 0.506. The first kappa shape index (κ1) is 13.5. The molecule has 0 saturated carbocycles. The largest absolute Gasteiger partial charge is 0.478 e. The summed E-state index contributed by atoms with van der Waals surface area (Å²) < 4.78 is 4.65. The maximum absolute atomic E-state index is 11.4. The number of fused-ring (bicyclic) bond motifs is 1. The van der Waals surface area contributed by atoms with Gasteiger partial charge in [0.15, 0.2) is 5.82 Å². The fourth-order valence-electron chi connectivity index (χ4n) is 2.53. The van der Waals surface area contributed by atoms with Crippen molar-refractivity contribution in [2.45, 2.75) is 32.1 Å². The first-order valence-electron chi connectivity index (χ1n) is 6.99. The van der Waals surface area contributed by atoms with Crippen molar-refractivity contribution < 1.29 is 14.4 Å². The van der Waals surface area contributed by atoms with Gasteiger partial charge in [0, 0.05) is 18.7 Å². The molecular formula is C14H16N4O3. The Hall–Kier alpha value is -2.44. The van der Waals surface area contributed by atoms with Crippen LogP contribution in [0.25, 0.3) is 0 Å². The minimum Gasteiger partial charge on any atom is -0.478 e. The van der Waals surface area contributed by atoms with Gasteiger partial charge in [-0.2, -0.15) is 4.98 Å². The molecule has 2 aromatic heterocycles. The van der Waals surface area contributed by atoms with Crippen molar-refractivity contribution in [3.05, 3.63) is 35.1 Å². The zero-order valence-corrected chi connectivity index (χ0v) is 11.5. The molecule has 1 aliphatic carbocycles. The van der Waals surface area contributed by atoms with Gasteiger partial charge >= 0.3 is 5.97 Å². The Balaban J connectivity index is 1.77. The van der Waals surface area contributed by atoms with Crippen molar-refractivity contribution in [2.75, 3.05) is 11.9 Å². The monoisotopic (exact) mass is 288 g/mol. The third-order valence-corrected chi connectivity index (χ3v) is 3.58. The lowest BCUT2D eigenvalue weighted by molar-refractivity contribution is 0.0697. The molecule has 0 amide bonds. The maximum atomic E-state index is 11.4. The van der Waals surface area contributed by atoms with E-state index in [0.29, 0.717) is 24.6 Å². The summed E-state index contributed by atoms with van der Waals surface area (Å²) in [6.07, 6.45) is 5.84. The third kappa shape index (κ3) is 3.01. The lowest BCUT2D eigenvalue weighted by atomic mass is 9.94. The molecule has 0 saturated heterocycles. The number of pyridine rings is 1. The molecule has 7 heteroatoms. The van der Waals surface area contributed by atoms with Crippen molar-refractivity contribution in [3.8, 4) is 0 Å². The van der Waals surface area contributed by atoms with Crippen LogP contribution in [-0.4, -0.2) is 32.7 Å². The van der Waals surface area contributed by atoms with Crippen LogP contribution in [0, 0.1) is 0 Å². The molecule has 2 N–H and O–H groups in total. The Kier molecular flexibility index (Phi) is 3.81. The summed E-state index contributed by atoms with van der Waals surface area (Å²) in [5, 5.41) is 16.1. The van der Waals surface area contributed by atoms with E-state index in [1.54, 1.807) is 6.07 Å². The second kappa shape index (κ2) is 5.90. The quantitative estimate of drug-likeness (QED) is 0.863. The van der Waals surface area contributed by atoms with E-state index < -0.39 is 5.97 Å². The number of carboxylic acids is 1. The van der Waals surface area contributed by atoms with Gasteiger partial charge in [-0.15, -0.1) is 0 Å². The Labute approximate surface area is 121 Å². The van der Waals surface area contributed by atoms with Crippen LogP contribution in [-0.2, 0) is 19.3 Å². The molecule has 2 aromatic rings. The molecule has 0 aliphatic heterocycles. The highest BCUT2D eigenvalue weighted by atomic mass is 16.5. The highest BCUT2D eigenvalue weighted by molar-refractivity contribution is 5.93. The smallest absolute Gasteiger partial charge is 0.339 e. The second-order valence-corrected chi connectivity index (χ2v) is 5.03. The summed E-state index contributed by atoms with van der Waals surface area (Å²) in [5.41, 5.74) is 2.29. The third-order valence-electron chi connectivity index (χ3n) is 3.58. The molecule has 110 valence electrons. The van der Waals surface area contributed by atoms with Gasteiger partial charge in [0.25, 0.3) is 0 Å². The number of hydrogen-bond donors (Lipinski definition) is 2. The van der Waals surface area contributed by atoms with Gasteiger partial charge in [-0.25, -0.2) is 9.78 Å². The van der Waals surface area contributed by atoms with Gasteiger partial charge in [0.1, 0.15) is 11.4 Å². The van der Waals surface area contributed by atoms with Crippen LogP contribution in [0.2, 0.25) is 0 Å². The molecule has 0 spiro atoms. The minimum atomic E-state index is -0.960. The number of hydrogen-bond acceptors (Lipinski definition) is 6. The maximum Gasteiger partial charge on any atom is 0.339 e. The van der Waals surface area contributed by atoms with E-state index in [0.717, 1.165) is 36.9 Å². The summed E-state index contributed by atoms with van der Waals surface area (Å²) >= 11 is 0. The molecule has 0 unspecified atom stereocenters. The van der Waals surface area contributed by atoms with E-state index in [4.69, 9.17) is 0 Å². The number of aromatic carboxylic acids is 1. The molecule has 21 heavy (non-hydrogen) atoms. The molecule has 0 fully saturated rings. The molecule has 0 radical (unpaired) electrons. The number of rotatable bonds is 5. The molecule has 7 nitrogen and oxygen atoms in total. The molecular weight excluding hydrogens is 272 g/mol. The zero-order valence-electron chi connectivity index (χ0n) is 11.5. The van der Waals surface area contributed by atoms with Gasteiger partial charge < -0.3 is 14.9 Å². The first-order valence-corrected chi connectivity index (χ1v) is 6.99. The Morgan fingerprint density at radius 1 is 1.38 bits per heavy atom. The summed E-state index contributed by atoms with van der Waals surface area (Å²) in [7, 11) is 0. The van der Waals surface area contributed by atoms with E-state index in [1.165, 1.54) is 6.39 Å². The van der Waals surface area contributed by atoms with E-state index in [1.807, 2.05) is 0 Å². The van der Waals surface area contributed by atoms with Crippen LogP contribution in [0.3, 0.4) is 0 Å². The van der Waals surface area contributed by atoms with Crippen LogP contribution in [0.15, 0.2) is 17.0 Å². The van der Waals surface area contributed by atoms with E-state index >= 15 is 0 Å². The van der Waals surface area contributed by atoms with Crippen molar-refractivity contribution in [1.82, 2.24) is 15.1 Å². The van der Waals surface area contributed by atoms with Crippen LogP contribution >= 0.6 is 0 Å². The fraction of sp³-hybridized carbons (Fsp3) is 0.429. The predicted octanol–water partition coefficient (Wildman–Crippen LogP) is 1.70. The summed E-state index contributed by atoms with van der Waals surface area (Å²) in [4.78, 5) is 19.8. The van der Waals surface area contributed by atoms with Crippen LogP contribution in [0.1, 0.15) is 40.3 Å². The predicted molar refractivity (Wildman–Crippen MR) is 74.3 cm³/mol. The minimum absolute atomic E-state index is 0.226. The van der Waals surface area contributed by atoms with Crippen LogP contribution < -0.4 is 5.32 Å². The van der Waals surface area contributed by atoms with Crippen molar-refractivity contribution >= 4 is 11.8 Å². The average Bonchev–Trinajstić information content (AvgIpc) is 2.99. The molecule has 1 aliphatic rings. The van der Waals surface area contributed by atoms with Gasteiger partial charge in [0.05, 0.1) is 0 Å². The van der Waals surface area contributed by atoms with Gasteiger partial charge in [0.2, 0.25) is 6.39 Å². The topological polar surface area (TPSA) is 101 Å². The number of aryl methyl sites for hydroxylation is 2. The first-order chi connectivity index (χ1) is 10.2. The molecule has 0 bridgehead atoms. The SMILES string of the molecule is O=C(O)c1cc2c(nc1NCCc1ncon1)CCCC2. The average molecular weight is 288 g/mol. The molecule has 0 atom stereocenters. The summed E-state index contributed by atoms with van der Waals surface area (Å²) in [6, 6.07) is 1.75. The van der Waals surface area contributed by atoms with E-state index in [-0.39, 0.29) is 5.56 Å². The van der Waals surface area contributed by atoms with Crippen molar-refractivity contribution in [3.63, 3.8) is 0 Å². The zero-order chi connectivity index (χ0) is 14.7. The number of carboxylic acid groups (broad SMARTS) is 1. The lowest BCUT2D eigenvalue weighted by Crippen LogP contribution is -2.15. The normalized spacial score (nSPS) is 13.7. The van der Waals surface area contributed by atoms with Crippen molar-refractivity contribution in [2.24, 2.45) is 0 Å². The van der Waals surface area contributed by atoms with Crippen LogP contribution in [0.4, 0.5) is 5.82 Å². The summed E-state index contributed by atoms with van der Waals surface area (Å²) in [5.74, 6) is 0.0434. The Bertz CT molecular complexity index is 640. The molecule has 2 heterocycles. The number of nitrogens with zero attached hydrogens (tertiary/aromatic N) is 3. The lowest BCUT2D eigenvalue weighted by Gasteiger charge is -2.18. The van der Waals surface area contributed by atoms with Gasteiger partial charge in [-0.1, -0.05) is 5.16 Å². The highest BCUT2D eigenvalue weighted by Crippen LogP contribution is 2.24. The Morgan fingerprint density at radius 3 is 3.00 bits per heavy atom. The number of carbonyl (C=O) groups is 1. The Morgan fingerprint density at radius 2 is 2.24 bits per heavy atom. The van der Waals surface area contributed by atoms with Crippen molar-refractivity contribution in [1.29, 1.82) is 0 Å². The second-order valence-electron chi connectivity index (χ2n) is 5.03. The van der Waals surface area contributed by atoms with E-state index in [2.05, 4.69) is 25.0 Å². The molecule has 3 rings (SSSR count). The van der Waals surface area contributed by atoms with Crippen LogP contribution in [0.5, 0.6) is 0 Å². The molecule has 0 aromatic carbocycles.